The molecule has 1 rings (SSSR count). The number of carbonyl (C=O) groups is 1. The lowest BCUT2D eigenvalue weighted by molar-refractivity contribution is -0.140. The van der Waals surface area contributed by atoms with Gasteiger partial charge in [-0.15, -0.1) is 0 Å². The molecule has 0 saturated heterocycles. The summed E-state index contributed by atoms with van der Waals surface area (Å²) in [5.41, 5.74) is 0.0511. The van der Waals surface area contributed by atoms with E-state index in [1.165, 1.54) is 6.92 Å². The summed E-state index contributed by atoms with van der Waals surface area (Å²) in [6.45, 7) is 0.144. The molecule has 1 heterocycles. The highest BCUT2D eigenvalue weighted by Gasteiger charge is 2.33. The summed E-state index contributed by atoms with van der Waals surface area (Å²) in [5.74, 6) is -0.530. The molecule has 0 unspecified atom stereocenters. The van der Waals surface area contributed by atoms with Gasteiger partial charge < -0.3 is 9.42 Å². The highest BCUT2D eigenvalue weighted by Crippen LogP contribution is 2.19. The summed E-state index contributed by atoms with van der Waals surface area (Å²) in [6.07, 6.45) is -3.31. The first-order valence-corrected chi connectivity index (χ1v) is 5.80. The number of aryl methyl sites for hydroxylation is 1. The normalized spacial score (nSPS) is 11.6. The smallest absolute Gasteiger partial charge is 0.361 e. The number of alkyl halides is 4. The Labute approximate surface area is 104 Å². The maximum Gasteiger partial charge on any atom is 0.406 e. The van der Waals surface area contributed by atoms with Crippen LogP contribution >= 0.6 is 15.9 Å². The van der Waals surface area contributed by atoms with Crippen molar-refractivity contribution in [1.82, 2.24) is 10.1 Å². The number of halogens is 4. The van der Waals surface area contributed by atoms with Crippen LogP contribution in [-0.2, 0) is 0 Å². The van der Waals surface area contributed by atoms with E-state index in [0.29, 0.717) is 4.90 Å². The minimum Gasteiger partial charge on any atom is -0.361 e. The molecule has 17 heavy (non-hydrogen) atoms. The Morgan fingerprint density at radius 1 is 1.59 bits per heavy atom. The van der Waals surface area contributed by atoms with Gasteiger partial charge in [0, 0.05) is 11.9 Å². The van der Waals surface area contributed by atoms with Gasteiger partial charge in [-0.3, -0.25) is 4.79 Å². The molecule has 0 fully saturated rings. The lowest BCUT2D eigenvalue weighted by atomic mass is 10.2. The molecule has 0 aliphatic carbocycles. The lowest BCUT2D eigenvalue weighted by Gasteiger charge is -2.22. The highest BCUT2D eigenvalue weighted by atomic mass is 79.9. The molecule has 1 aromatic rings. The Morgan fingerprint density at radius 2 is 2.24 bits per heavy atom. The Morgan fingerprint density at radius 3 is 2.65 bits per heavy atom. The average molecular weight is 315 g/mol. The van der Waals surface area contributed by atoms with Gasteiger partial charge in [0.05, 0.1) is 6.20 Å². The summed E-state index contributed by atoms with van der Waals surface area (Å²) in [6, 6.07) is 0. The van der Waals surface area contributed by atoms with E-state index in [1.807, 2.05) is 0 Å². The van der Waals surface area contributed by atoms with Crippen molar-refractivity contribution in [2.45, 2.75) is 13.1 Å². The van der Waals surface area contributed by atoms with Gasteiger partial charge in [0.1, 0.15) is 17.9 Å². The van der Waals surface area contributed by atoms with Crippen LogP contribution in [0.1, 0.15) is 16.1 Å². The van der Waals surface area contributed by atoms with Crippen LogP contribution in [0.4, 0.5) is 13.2 Å². The molecular formula is C9H10BrF3N2O2. The number of hydrogen-bond acceptors (Lipinski definition) is 3. The molecule has 8 heteroatoms. The largest absolute Gasteiger partial charge is 0.406 e. The van der Waals surface area contributed by atoms with Crippen LogP contribution in [0.3, 0.4) is 0 Å². The van der Waals surface area contributed by atoms with Gasteiger partial charge in [-0.2, -0.15) is 13.2 Å². The first kappa shape index (κ1) is 14.0. The maximum atomic E-state index is 12.3. The second-order valence-electron chi connectivity index (χ2n) is 3.33. The fourth-order valence-electron chi connectivity index (χ4n) is 1.25. The molecule has 0 bridgehead atoms. The van der Waals surface area contributed by atoms with E-state index in [4.69, 9.17) is 0 Å². The van der Waals surface area contributed by atoms with Crippen molar-refractivity contribution < 1.29 is 22.5 Å². The van der Waals surface area contributed by atoms with Gasteiger partial charge in [-0.1, -0.05) is 21.1 Å². The minimum atomic E-state index is -4.43. The predicted molar refractivity (Wildman–Crippen MR) is 57.0 cm³/mol. The maximum absolute atomic E-state index is 12.3. The van der Waals surface area contributed by atoms with E-state index in [2.05, 4.69) is 25.6 Å². The molecule has 0 aliphatic heterocycles. The van der Waals surface area contributed by atoms with Gasteiger partial charge >= 0.3 is 6.18 Å². The summed E-state index contributed by atoms with van der Waals surface area (Å²) in [5, 5.41) is 3.63. The van der Waals surface area contributed by atoms with Crippen LogP contribution in [0.5, 0.6) is 0 Å². The van der Waals surface area contributed by atoms with Crippen molar-refractivity contribution in [3.63, 3.8) is 0 Å². The van der Waals surface area contributed by atoms with Gasteiger partial charge in [0.15, 0.2) is 0 Å². The van der Waals surface area contributed by atoms with Crippen molar-refractivity contribution in [2.75, 3.05) is 18.4 Å². The van der Waals surface area contributed by atoms with E-state index >= 15 is 0 Å². The van der Waals surface area contributed by atoms with Crippen molar-refractivity contribution in [3.8, 4) is 0 Å². The monoisotopic (exact) mass is 314 g/mol. The second kappa shape index (κ2) is 5.52. The molecule has 4 nitrogen and oxygen atoms in total. The van der Waals surface area contributed by atoms with Crippen LogP contribution in [0.15, 0.2) is 10.7 Å². The molecule has 1 amide bonds. The van der Waals surface area contributed by atoms with E-state index in [1.54, 1.807) is 0 Å². The fraction of sp³-hybridized carbons (Fsp3) is 0.556. The topological polar surface area (TPSA) is 46.3 Å². The zero-order valence-electron chi connectivity index (χ0n) is 8.92. The van der Waals surface area contributed by atoms with E-state index in [0.717, 1.165) is 6.20 Å². The van der Waals surface area contributed by atoms with E-state index < -0.39 is 18.6 Å². The SMILES string of the molecule is Cc1oncc1C(=O)N(CCBr)CC(F)(F)F. The molecule has 0 N–H and O–H groups in total. The first-order chi connectivity index (χ1) is 7.85. The minimum absolute atomic E-state index is 0.0387. The zero-order valence-corrected chi connectivity index (χ0v) is 10.5. The molecule has 0 atom stereocenters. The summed E-state index contributed by atoms with van der Waals surface area (Å²) in [4.78, 5) is 12.5. The number of amides is 1. The average Bonchev–Trinajstić information content (AvgIpc) is 2.61. The molecule has 0 saturated carbocycles. The molecule has 0 aromatic carbocycles. The second-order valence-corrected chi connectivity index (χ2v) is 4.12. The van der Waals surface area contributed by atoms with Crippen molar-refractivity contribution in [1.29, 1.82) is 0 Å². The van der Waals surface area contributed by atoms with Gasteiger partial charge in [0.25, 0.3) is 5.91 Å². The van der Waals surface area contributed by atoms with Crippen molar-refractivity contribution in [2.24, 2.45) is 0 Å². The first-order valence-electron chi connectivity index (χ1n) is 4.68. The Hall–Kier alpha value is -1.05. The van der Waals surface area contributed by atoms with E-state index in [9.17, 15) is 18.0 Å². The van der Waals surface area contributed by atoms with E-state index in [-0.39, 0.29) is 23.2 Å². The predicted octanol–water partition coefficient (Wildman–Crippen LogP) is 2.38. The summed E-state index contributed by atoms with van der Waals surface area (Å²) < 4.78 is 41.5. The van der Waals surface area contributed by atoms with Crippen LogP contribution < -0.4 is 0 Å². The highest BCUT2D eigenvalue weighted by molar-refractivity contribution is 9.09. The van der Waals surface area contributed by atoms with Crippen LogP contribution in [-0.4, -0.2) is 40.6 Å². The molecular weight excluding hydrogens is 305 g/mol. The molecule has 96 valence electrons. The number of carbonyl (C=O) groups excluding carboxylic acids is 1. The standard InChI is InChI=1S/C9H10BrF3N2O2/c1-6-7(4-14-17-6)8(16)15(3-2-10)5-9(11,12)13/h4H,2-3,5H2,1H3. The number of rotatable bonds is 4. The third-order valence-corrected chi connectivity index (χ3v) is 2.35. The van der Waals surface area contributed by atoms with Gasteiger partial charge in [-0.05, 0) is 6.92 Å². The van der Waals surface area contributed by atoms with Gasteiger partial charge in [0.2, 0.25) is 0 Å². The molecule has 1 aromatic heterocycles. The molecule has 0 radical (unpaired) electrons. The Balaban J connectivity index is 2.84. The van der Waals surface area contributed by atoms with Crippen LogP contribution in [0.25, 0.3) is 0 Å². The van der Waals surface area contributed by atoms with Crippen molar-refractivity contribution in [3.05, 3.63) is 17.5 Å². The van der Waals surface area contributed by atoms with Crippen LogP contribution in [0, 0.1) is 6.92 Å². The molecule has 0 aliphatic rings. The molecule has 0 spiro atoms. The summed E-state index contributed by atoms with van der Waals surface area (Å²) >= 11 is 3.01. The van der Waals surface area contributed by atoms with Crippen LogP contribution in [0.2, 0.25) is 0 Å². The fourth-order valence-corrected chi connectivity index (χ4v) is 1.67. The Kier molecular flexibility index (Phi) is 4.55. The number of hydrogen-bond donors (Lipinski definition) is 0. The third kappa shape index (κ3) is 4.03. The summed E-state index contributed by atoms with van der Waals surface area (Å²) in [7, 11) is 0. The third-order valence-electron chi connectivity index (χ3n) is 1.99. The van der Waals surface area contributed by atoms with Gasteiger partial charge in [-0.25, -0.2) is 0 Å². The lowest BCUT2D eigenvalue weighted by Crippen LogP contribution is -2.40. The number of nitrogens with zero attached hydrogens (tertiary/aromatic N) is 2. The Bertz CT molecular complexity index is 392. The number of aromatic nitrogens is 1. The zero-order chi connectivity index (χ0) is 13.1. The van der Waals surface area contributed by atoms with Crippen molar-refractivity contribution >= 4 is 21.8 Å². The quantitative estimate of drug-likeness (QED) is 0.802.